The molecule has 0 spiro atoms. The summed E-state index contributed by atoms with van der Waals surface area (Å²) < 4.78 is 5.81. The van der Waals surface area contributed by atoms with Gasteiger partial charge in [-0.3, -0.25) is 4.99 Å². The summed E-state index contributed by atoms with van der Waals surface area (Å²) >= 11 is 1.82. The minimum absolute atomic E-state index is 0. The van der Waals surface area contributed by atoms with Crippen molar-refractivity contribution in [3.05, 3.63) is 47.3 Å². The number of hydrogen-bond acceptors (Lipinski definition) is 5. The van der Waals surface area contributed by atoms with E-state index in [9.17, 15) is 0 Å². The van der Waals surface area contributed by atoms with Gasteiger partial charge in [-0.25, -0.2) is 0 Å². The monoisotopic (exact) mass is 557 g/mol. The van der Waals surface area contributed by atoms with Crippen LogP contribution in [0.5, 0.6) is 5.75 Å². The summed E-state index contributed by atoms with van der Waals surface area (Å²) in [5, 5.41) is 10.5. The Balaban J connectivity index is 0.00000341. The van der Waals surface area contributed by atoms with E-state index in [4.69, 9.17) is 4.74 Å². The molecule has 0 atom stereocenters. The number of nitrogens with one attached hydrogen (secondary N) is 2. The van der Waals surface area contributed by atoms with Crippen LogP contribution in [0.3, 0.4) is 0 Å². The van der Waals surface area contributed by atoms with Crippen molar-refractivity contribution < 1.29 is 4.74 Å². The van der Waals surface area contributed by atoms with Gasteiger partial charge in [-0.15, -0.1) is 35.3 Å². The predicted molar refractivity (Wildman–Crippen MR) is 143 cm³/mol. The number of piperidine rings is 1. The second kappa shape index (κ2) is 13.8. The van der Waals surface area contributed by atoms with Gasteiger partial charge in [0.05, 0.1) is 11.6 Å². The lowest BCUT2D eigenvalue weighted by atomic mass is 10.1. The minimum atomic E-state index is 0. The van der Waals surface area contributed by atoms with Crippen LogP contribution in [0, 0.1) is 0 Å². The highest BCUT2D eigenvalue weighted by Gasteiger charge is 2.20. The first-order valence-corrected chi connectivity index (χ1v) is 11.6. The smallest absolute Gasteiger partial charge is 0.191 e. The molecular formula is C23H36IN5OS. The molecule has 1 aliphatic heterocycles. The lowest BCUT2D eigenvalue weighted by Crippen LogP contribution is -2.48. The fourth-order valence-corrected chi connectivity index (χ4v) is 4.33. The first-order chi connectivity index (χ1) is 14.6. The van der Waals surface area contributed by atoms with Gasteiger partial charge >= 0.3 is 0 Å². The van der Waals surface area contributed by atoms with E-state index in [-0.39, 0.29) is 24.0 Å². The quantitative estimate of drug-likeness (QED) is 0.211. The van der Waals surface area contributed by atoms with E-state index in [1.807, 2.05) is 30.5 Å². The lowest BCUT2D eigenvalue weighted by Gasteiger charge is -2.33. The molecular weight excluding hydrogens is 521 g/mol. The van der Waals surface area contributed by atoms with E-state index in [1.54, 1.807) is 0 Å². The summed E-state index contributed by atoms with van der Waals surface area (Å²) in [6.45, 7) is 4.71. The Morgan fingerprint density at radius 2 is 1.94 bits per heavy atom. The van der Waals surface area contributed by atoms with Crippen LogP contribution in [0.15, 0.2) is 46.8 Å². The van der Waals surface area contributed by atoms with Gasteiger partial charge < -0.3 is 25.2 Å². The van der Waals surface area contributed by atoms with Gasteiger partial charge in [0.15, 0.2) is 5.96 Å². The Morgan fingerprint density at radius 3 is 2.55 bits per heavy atom. The molecule has 172 valence electrons. The number of benzene rings is 1. The van der Waals surface area contributed by atoms with E-state index >= 15 is 0 Å². The fourth-order valence-electron chi connectivity index (χ4n) is 3.54. The molecule has 0 radical (unpaired) electrons. The SMILES string of the molecule is CN=C(NCc1ccc(OCCCN(C)C)cc1)NC1CCN(c2cccs2)CC1.I. The molecule has 1 aromatic heterocycles. The zero-order valence-electron chi connectivity index (χ0n) is 18.8. The first-order valence-electron chi connectivity index (χ1n) is 10.8. The number of anilines is 1. The lowest BCUT2D eigenvalue weighted by molar-refractivity contribution is 0.281. The Hall–Kier alpha value is -1.52. The molecule has 2 heterocycles. The van der Waals surface area contributed by atoms with Gasteiger partial charge in [-0.1, -0.05) is 12.1 Å². The highest BCUT2D eigenvalue weighted by atomic mass is 127. The average molecular weight is 558 g/mol. The average Bonchev–Trinajstić information content (AvgIpc) is 3.30. The van der Waals surface area contributed by atoms with Crippen LogP contribution in [-0.4, -0.2) is 64.3 Å². The van der Waals surface area contributed by atoms with Crippen molar-refractivity contribution in [2.75, 3.05) is 52.3 Å². The highest BCUT2D eigenvalue weighted by Crippen LogP contribution is 2.24. The van der Waals surface area contributed by atoms with Crippen molar-refractivity contribution in [2.45, 2.75) is 31.8 Å². The maximum atomic E-state index is 5.81. The largest absolute Gasteiger partial charge is 0.494 e. The zero-order valence-corrected chi connectivity index (χ0v) is 22.0. The molecule has 1 aliphatic rings. The van der Waals surface area contributed by atoms with E-state index in [0.29, 0.717) is 6.04 Å². The fraction of sp³-hybridized carbons (Fsp3) is 0.522. The standard InChI is InChI=1S/C23H35N5OS.HI/c1-24-23(26-20-11-14-28(15-12-20)22-6-4-17-30-22)25-18-19-7-9-21(10-8-19)29-16-5-13-27(2)3;/h4,6-10,17,20H,5,11-16,18H2,1-3H3,(H2,24,25,26);1H. The molecule has 0 amide bonds. The van der Waals surface area contributed by atoms with Crippen LogP contribution in [0.4, 0.5) is 5.00 Å². The molecule has 2 aromatic rings. The molecule has 6 nitrogen and oxygen atoms in total. The number of rotatable bonds is 9. The number of thiophene rings is 1. The summed E-state index contributed by atoms with van der Waals surface area (Å²) in [4.78, 5) is 9.05. The Bertz CT molecular complexity index is 759. The number of guanidine groups is 1. The van der Waals surface area contributed by atoms with E-state index in [2.05, 4.69) is 69.2 Å². The molecule has 0 saturated carbocycles. The topological polar surface area (TPSA) is 52.1 Å². The number of aliphatic imine (C=N–C) groups is 1. The molecule has 31 heavy (non-hydrogen) atoms. The summed E-state index contributed by atoms with van der Waals surface area (Å²) in [5.41, 5.74) is 1.21. The van der Waals surface area contributed by atoms with Crippen molar-refractivity contribution in [3.63, 3.8) is 0 Å². The van der Waals surface area contributed by atoms with E-state index < -0.39 is 0 Å². The van der Waals surface area contributed by atoms with Crippen molar-refractivity contribution in [1.29, 1.82) is 0 Å². The van der Waals surface area contributed by atoms with Crippen molar-refractivity contribution in [2.24, 2.45) is 4.99 Å². The van der Waals surface area contributed by atoms with Crippen LogP contribution in [0.2, 0.25) is 0 Å². The Kier molecular flexibility index (Phi) is 11.5. The summed E-state index contributed by atoms with van der Waals surface area (Å²) in [7, 11) is 6.00. The molecule has 3 rings (SSSR count). The number of hydrogen-bond donors (Lipinski definition) is 2. The third-order valence-corrected chi connectivity index (χ3v) is 6.21. The van der Waals surface area contributed by atoms with Crippen molar-refractivity contribution >= 4 is 46.3 Å². The number of halogens is 1. The van der Waals surface area contributed by atoms with Crippen LogP contribution in [0.1, 0.15) is 24.8 Å². The van der Waals surface area contributed by atoms with Crippen molar-refractivity contribution in [3.8, 4) is 5.75 Å². The van der Waals surface area contributed by atoms with Gasteiger partial charge in [0.2, 0.25) is 0 Å². The summed E-state index contributed by atoms with van der Waals surface area (Å²) in [6.07, 6.45) is 3.28. The molecule has 1 aromatic carbocycles. The zero-order chi connectivity index (χ0) is 21.2. The molecule has 0 unspecified atom stereocenters. The van der Waals surface area contributed by atoms with Gasteiger partial charge in [0, 0.05) is 39.3 Å². The minimum Gasteiger partial charge on any atom is -0.494 e. The van der Waals surface area contributed by atoms with E-state index in [1.165, 1.54) is 10.6 Å². The third kappa shape index (κ3) is 8.86. The van der Waals surface area contributed by atoms with Crippen LogP contribution in [0.25, 0.3) is 0 Å². The molecule has 1 fully saturated rings. The Morgan fingerprint density at radius 1 is 1.19 bits per heavy atom. The number of nitrogens with zero attached hydrogens (tertiary/aromatic N) is 3. The van der Waals surface area contributed by atoms with Crippen LogP contribution < -0.4 is 20.3 Å². The maximum absolute atomic E-state index is 5.81. The third-order valence-electron chi connectivity index (χ3n) is 5.28. The highest BCUT2D eigenvalue weighted by molar-refractivity contribution is 14.0. The summed E-state index contributed by atoms with van der Waals surface area (Å²) in [6, 6.07) is 13.1. The van der Waals surface area contributed by atoms with Gasteiger partial charge in [-0.05, 0) is 68.6 Å². The molecule has 0 bridgehead atoms. The first kappa shape index (κ1) is 25.7. The normalized spacial score (nSPS) is 15.0. The van der Waals surface area contributed by atoms with E-state index in [0.717, 1.165) is 63.8 Å². The van der Waals surface area contributed by atoms with Crippen molar-refractivity contribution in [1.82, 2.24) is 15.5 Å². The number of ether oxygens (including phenoxy) is 1. The second-order valence-electron chi connectivity index (χ2n) is 7.93. The molecule has 1 saturated heterocycles. The summed E-state index contributed by atoms with van der Waals surface area (Å²) in [5.74, 6) is 1.80. The van der Waals surface area contributed by atoms with Crippen LogP contribution in [-0.2, 0) is 6.54 Å². The molecule has 8 heteroatoms. The van der Waals surface area contributed by atoms with Gasteiger partial charge in [-0.2, -0.15) is 0 Å². The van der Waals surface area contributed by atoms with Crippen LogP contribution >= 0.6 is 35.3 Å². The second-order valence-corrected chi connectivity index (χ2v) is 8.86. The Labute approximate surface area is 208 Å². The van der Waals surface area contributed by atoms with Gasteiger partial charge in [0.25, 0.3) is 0 Å². The molecule has 2 N–H and O–H groups in total. The molecule has 0 aliphatic carbocycles. The predicted octanol–water partition coefficient (Wildman–Crippen LogP) is 4.03. The van der Waals surface area contributed by atoms with Gasteiger partial charge in [0.1, 0.15) is 5.75 Å². The maximum Gasteiger partial charge on any atom is 0.191 e.